The van der Waals surface area contributed by atoms with Gasteiger partial charge >= 0.3 is 12.0 Å². The van der Waals surface area contributed by atoms with Crippen LogP contribution >= 0.6 is 0 Å². The van der Waals surface area contributed by atoms with Gasteiger partial charge in [-0.05, 0) is 19.4 Å². The van der Waals surface area contributed by atoms with Crippen LogP contribution in [-0.2, 0) is 4.79 Å². The lowest BCUT2D eigenvalue weighted by molar-refractivity contribution is -0.143. The Morgan fingerprint density at radius 3 is 2.37 bits per heavy atom. The van der Waals surface area contributed by atoms with Crippen molar-refractivity contribution in [1.29, 1.82) is 0 Å². The van der Waals surface area contributed by atoms with Gasteiger partial charge in [0.25, 0.3) is 0 Å². The topological polar surface area (TPSA) is 64.1 Å². The van der Waals surface area contributed by atoms with Crippen molar-refractivity contribution >= 4 is 12.0 Å². The molecule has 0 aromatic carbocycles. The maximum absolute atomic E-state index is 12.4. The molecule has 6 nitrogen and oxygen atoms in total. The van der Waals surface area contributed by atoms with Crippen LogP contribution < -0.4 is 0 Å². The second kappa shape index (κ2) is 6.23. The van der Waals surface area contributed by atoms with Gasteiger partial charge < -0.3 is 19.8 Å². The Morgan fingerprint density at radius 1 is 1.11 bits per heavy atom. The van der Waals surface area contributed by atoms with E-state index in [0.717, 1.165) is 39.1 Å². The normalized spacial score (nSPS) is 25.4. The summed E-state index contributed by atoms with van der Waals surface area (Å²) in [7, 11) is 0. The summed E-state index contributed by atoms with van der Waals surface area (Å²) >= 11 is 0. The highest BCUT2D eigenvalue weighted by molar-refractivity contribution is 5.76. The fraction of sp³-hybridized carbons (Fsp3) is 0.846. The minimum Gasteiger partial charge on any atom is -0.481 e. The summed E-state index contributed by atoms with van der Waals surface area (Å²) in [6.45, 7) is 7.53. The molecule has 2 aliphatic heterocycles. The van der Waals surface area contributed by atoms with Crippen LogP contribution in [0.4, 0.5) is 4.79 Å². The van der Waals surface area contributed by atoms with Gasteiger partial charge in [0.2, 0.25) is 0 Å². The molecule has 19 heavy (non-hydrogen) atoms. The van der Waals surface area contributed by atoms with Crippen LogP contribution in [0.1, 0.15) is 19.8 Å². The predicted molar refractivity (Wildman–Crippen MR) is 71.0 cm³/mol. The maximum Gasteiger partial charge on any atom is 0.320 e. The number of hydrogen-bond donors (Lipinski definition) is 1. The molecular weight excluding hydrogens is 246 g/mol. The first-order chi connectivity index (χ1) is 9.11. The third kappa shape index (κ3) is 3.37. The van der Waals surface area contributed by atoms with Crippen LogP contribution in [0.25, 0.3) is 0 Å². The predicted octanol–water partition coefficient (Wildman–Crippen LogP) is 0.540. The molecule has 2 saturated heterocycles. The zero-order valence-corrected chi connectivity index (χ0v) is 11.5. The molecule has 0 spiro atoms. The molecule has 2 heterocycles. The molecule has 0 aromatic rings. The summed E-state index contributed by atoms with van der Waals surface area (Å²) in [6, 6.07) is 0.0155. The van der Waals surface area contributed by atoms with Crippen molar-refractivity contribution in [3.05, 3.63) is 0 Å². The van der Waals surface area contributed by atoms with Crippen molar-refractivity contribution in [2.75, 3.05) is 45.8 Å². The minimum absolute atomic E-state index is 0.0155. The maximum atomic E-state index is 12.4. The fourth-order valence-electron chi connectivity index (χ4n) is 2.81. The van der Waals surface area contributed by atoms with E-state index in [2.05, 4.69) is 11.8 Å². The molecule has 6 heteroatoms. The van der Waals surface area contributed by atoms with Gasteiger partial charge in [-0.3, -0.25) is 4.79 Å². The molecular formula is C13H23N3O3. The van der Waals surface area contributed by atoms with Crippen molar-refractivity contribution in [2.24, 2.45) is 5.92 Å². The number of aliphatic carboxylic acids is 1. The number of carboxylic acid groups (broad SMARTS) is 1. The first-order valence-electron chi connectivity index (χ1n) is 7.10. The lowest BCUT2D eigenvalue weighted by atomic mass is 9.98. The van der Waals surface area contributed by atoms with Crippen LogP contribution in [0, 0.1) is 5.92 Å². The van der Waals surface area contributed by atoms with Crippen molar-refractivity contribution in [3.8, 4) is 0 Å². The molecule has 0 radical (unpaired) electrons. The Bertz CT molecular complexity index is 340. The third-order valence-electron chi connectivity index (χ3n) is 4.13. The van der Waals surface area contributed by atoms with Crippen molar-refractivity contribution in [1.82, 2.24) is 14.7 Å². The molecule has 1 N–H and O–H groups in total. The number of piperazine rings is 1. The largest absolute Gasteiger partial charge is 0.481 e. The van der Waals surface area contributed by atoms with Gasteiger partial charge in [0, 0.05) is 39.3 Å². The van der Waals surface area contributed by atoms with Crippen LogP contribution in [0.3, 0.4) is 0 Å². The van der Waals surface area contributed by atoms with Gasteiger partial charge in [0.1, 0.15) is 0 Å². The number of likely N-dealkylation sites (tertiary alicyclic amines) is 1. The van der Waals surface area contributed by atoms with E-state index in [1.54, 1.807) is 4.90 Å². The zero-order chi connectivity index (χ0) is 13.8. The van der Waals surface area contributed by atoms with Crippen molar-refractivity contribution < 1.29 is 14.7 Å². The van der Waals surface area contributed by atoms with E-state index in [0.29, 0.717) is 19.5 Å². The highest BCUT2D eigenvalue weighted by Crippen LogP contribution is 2.18. The second-order valence-electron chi connectivity index (χ2n) is 5.33. The van der Waals surface area contributed by atoms with E-state index in [1.807, 2.05) is 4.90 Å². The number of hydrogen-bond acceptors (Lipinski definition) is 3. The summed E-state index contributed by atoms with van der Waals surface area (Å²) in [5.74, 6) is -1.18. The van der Waals surface area contributed by atoms with Crippen LogP contribution in [0.2, 0.25) is 0 Å². The van der Waals surface area contributed by atoms with Gasteiger partial charge in [0.05, 0.1) is 5.92 Å². The van der Waals surface area contributed by atoms with Crippen molar-refractivity contribution in [3.63, 3.8) is 0 Å². The summed E-state index contributed by atoms with van der Waals surface area (Å²) in [6.07, 6.45) is 1.47. The smallest absolute Gasteiger partial charge is 0.320 e. The third-order valence-corrected chi connectivity index (χ3v) is 4.13. The molecule has 0 aromatic heterocycles. The molecule has 0 unspecified atom stereocenters. The number of likely N-dealkylation sites (N-methyl/N-ethyl adjacent to an activating group) is 1. The number of amides is 2. The molecule has 2 amide bonds. The number of nitrogens with zero attached hydrogens (tertiary/aromatic N) is 3. The molecule has 108 valence electrons. The SMILES string of the molecule is CCN1CCN(C(=O)N2CCC[C@@H](C(=O)O)C2)CC1. The number of piperidine rings is 1. The Hall–Kier alpha value is -1.30. The van der Waals surface area contributed by atoms with Gasteiger partial charge in [-0.1, -0.05) is 6.92 Å². The molecule has 0 bridgehead atoms. The minimum atomic E-state index is -0.784. The van der Waals surface area contributed by atoms with Crippen LogP contribution in [-0.4, -0.2) is 77.6 Å². The number of carbonyl (C=O) groups excluding carboxylic acids is 1. The van der Waals surface area contributed by atoms with Crippen LogP contribution in [0.15, 0.2) is 0 Å². The number of urea groups is 1. The summed E-state index contributed by atoms with van der Waals surface area (Å²) in [4.78, 5) is 29.3. The number of rotatable bonds is 2. The Morgan fingerprint density at radius 2 is 1.79 bits per heavy atom. The lowest BCUT2D eigenvalue weighted by Gasteiger charge is -2.39. The van der Waals surface area contributed by atoms with E-state index in [9.17, 15) is 9.59 Å². The highest BCUT2D eigenvalue weighted by atomic mass is 16.4. The van der Waals surface area contributed by atoms with Crippen LogP contribution in [0.5, 0.6) is 0 Å². The summed E-state index contributed by atoms with van der Waals surface area (Å²) < 4.78 is 0. The molecule has 0 saturated carbocycles. The summed E-state index contributed by atoms with van der Waals surface area (Å²) in [5, 5.41) is 9.06. The van der Waals surface area contributed by atoms with E-state index >= 15 is 0 Å². The fourth-order valence-corrected chi connectivity index (χ4v) is 2.81. The molecule has 1 atom stereocenters. The summed E-state index contributed by atoms with van der Waals surface area (Å²) in [5.41, 5.74) is 0. The Kier molecular flexibility index (Phi) is 4.63. The van der Waals surface area contributed by atoms with E-state index in [-0.39, 0.29) is 6.03 Å². The second-order valence-corrected chi connectivity index (χ2v) is 5.33. The Labute approximate surface area is 114 Å². The lowest BCUT2D eigenvalue weighted by Crippen LogP contribution is -2.54. The van der Waals surface area contributed by atoms with E-state index in [4.69, 9.17) is 5.11 Å². The molecule has 2 rings (SSSR count). The molecule has 2 aliphatic rings. The monoisotopic (exact) mass is 269 g/mol. The zero-order valence-electron chi connectivity index (χ0n) is 11.5. The van der Waals surface area contributed by atoms with Gasteiger partial charge in [-0.25, -0.2) is 4.79 Å². The molecule has 2 fully saturated rings. The van der Waals surface area contributed by atoms with Gasteiger partial charge in [-0.2, -0.15) is 0 Å². The number of carboxylic acids is 1. The molecule has 0 aliphatic carbocycles. The first-order valence-corrected chi connectivity index (χ1v) is 7.10. The average Bonchev–Trinajstić information content (AvgIpc) is 2.46. The van der Waals surface area contributed by atoms with E-state index in [1.165, 1.54) is 0 Å². The highest BCUT2D eigenvalue weighted by Gasteiger charge is 2.31. The first kappa shape index (κ1) is 14.1. The van der Waals surface area contributed by atoms with Gasteiger partial charge in [0.15, 0.2) is 0 Å². The van der Waals surface area contributed by atoms with Crippen molar-refractivity contribution in [2.45, 2.75) is 19.8 Å². The van der Waals surface area contributed by atoms with Gasteiger partial charge in [-0.15, -0.1) is 0 Å². The van der Waals surface area contributed by atoms with E-state index < -0.39 is 11.9 Å². The quantitative estimate of drug-likeness (QED) is 0.794. The standard InChI is InChI=1S/C13H23N3O3/c1-2-14-6-8-15(9-7-14)13(19)16-5-3-4-11(10-16)12(17)18/h11H,2-10H2,1H3,(H,17,18)/t11-/m1/s1. The Balaban J connectivity index is 1.87. The number of carbonyl (C=O) groups is 2. The average molecular weight is 269 g/mol.